The smallest absolute Gasteiger partial charge is 0.174 e. The minimum atomic E-state index is -0.593. The minimum Gasteiger partial charge on any atom is -0.370 e. The Balaban J connectivity index is 1.31. The second-order valence-corrected chi connectivity index (χ2v) is 10.6. The molecule has 0 N–H and O–H groups in total. The summed E-state index contributed by atoms with van der Waals surface area (Å²) in [6.45, 7) is 6.88. The third-order valence-electron chi connectivity index (χ3n) is 9.32. The largest absolute Gasteiger partial charge is 0.370 e. The summed E-state index contributed by atoms with van der Waals surface area (Å²) in [4.78, 5) is 13.7. The van der Waals surface area contributed by atoms with E-state index >= 15 is 0 Å². The van der Waals surface area contributed by atoms with Crippen molar-refractivity contribution in [2.45, 2.75) is 88.5 Å². The molecule has 4 aliphatic heterocycles. The second-order valence-electron chi connectivity index (χ2n) is 10.6. The lowest BCUT2D eigenvalue weighted by Crippen LogP contribution is -2.67. The Morgan fingerprint density at radius 1 is 0.966 bits per heavy atom. The summed E-state index contributed by atoms with van der Waals surface area (Å²) in [5, 5.41) is 0. The number of hydrogen-bond acceptors (Lipinski definition) is 6. The first-order chi connectivity index (χ1) is 13.9. The summed E-state index contributed by atoms with van der Waals surface area (Å²) >= 11 is 0. The fourth-order valence-electron chi connectivity index (χ4n) is 8.19. The zero-order valence-electron chi connectivity index (χ0n) is 17.7. The van der Waals surface area contributed by atoms with Crippen LogP contribution in [0.2, 0.25) is 0 Å². The second kappa shape index (κ2) is 6.26. The number of fused-ring (bicyclic) bond motifs is 3. The van der Waals surface area contributed by atoms with Crippen LogP contribution in [0.5, 0.6) is 0 Å². The third kappa shape index (κ3) is 2.44. The van der Waals surface area contributed by atoms with E-state index in [-0.39, 0.29) is 29.0 Å². The van der Waals surface area contributed by atoms with E-state index in [1.54, 1.807) is 0 Å². The van der Waals surface area contributed by atoms with Crippen LogP contribution in [-0.2, 0) is 28.5 Å². The average Bonchev–Trinajstić information content (AvgIpc) is 3.46. The summed E-state index contributed by atoms with van der Waals surface area (Å²) < 4.78 is 31.0. The lowest BCUT2D eigenvalue weighted by molar-refractivity contribution is -0.297. The van der Waals surface area contributed by atoms with Crippen molar-refractivity contribution >= 4 is 5.78 Å². The highest BCUT2D eigenvalue weighted by Crippen LogP contribution is 2.69. The van der Waals surface area contributed by atoms with Crippen LogP contribution in [0, 0.1) is 23.2 Å². The normalized spacial score (nSPS) is 49.5. The van der Waals surface area contributed by atoms with E-state index in [1.165, 1.54) is 0 Å². The number of hydrogen-bond donors (Lipinski definition) is 0. The number of Topliss-reactive ketones (excluding diaryl/α,β-unsaturated/α-hetero) is 1. The van der Waals surface area contributed by atoms with Crippen molar-refractivity contribution < 1.29 is 28.5 Å². The Labute approximate surface area is 172 Å². The Morgan fingerprint density at radius 3 is 2.45 bits per heavy atom. The first kappa shape index (κ1) is 19.2. The summed E-state index contributed by atoms with van der Waals surface area (Å²) in [5.41, 5.74) is -0.608. The van der Waals surface area contributed by atoms with Gasteiger partial charge in [0.2, 0.25) is 0 Å². The highest BCUT2D eigenvalue weighted by atomic mass is 16.7. The van der Waals surface area contributed by atoms with Gasteiger partial charge in [0, 0.05) is 24.7 Å². The predicted molar refractivity (Wildman–Crippen MR) is 103 cm³/mol. The van der Waals surface area contributed by atoms with Crippen molar-refractivity contribution in [1.82, 2.24) is 0 Å². The van der Waals surface area contributed by atoms with Crippen molar-refractivity contribution in [3.63, 3.8) is 0 Å². The quantitative estimate of drug-likeness (QED) is 0.717. The summed E-state index contributed by atoms with van der Waals surface area (Å²) in [6.07, 6.45) is 7.67. The molecule has 2 spiro atoms. The van der Waals surface area contributed by atoms with E-state index in [1.807, 2.05) is 6.92 Å². The monoisotopic (exact) mass is 406 g/mol. The molecule has 6 heteroatoms. The molecule has 0 aromatic carbocycles. The van der Waals surface area contributed by atoms with Gasteiger partial charge >= 0.3 is 0 Å². The van der Waals surface area contributed by atoms with Crippen molar-refractivity contribution in [2.75, 3.05) is 26.4 Å². The maximum absolute atomic E-state index is 13.7. The molecule has 162 valence electrons. The SMILES string of the molecule is CC1(CC[C@@H]2[C@@H]3CC[C@@]4(O3)[C@@H]2C(=O)C[C@@]2(C)[C@H]4CCCC23OCCO3)OCCO1. The maximum Gasteiger partial charge on any atom is 0.174 e. The third-order valence-corrected chi connectivity index (χ3v) is 9.32. The van der Waals surface area contributed by atoms with Gasteiger partial charge in [-0.3, -0.25) is 4.79 Å². The maximum atomic E-state index is 13.7. The molecule has 29 heavy (non-hydrogen) atoms. The van der Waals surface area contributed by atoms with Crippen LogP contribution in [0.15, 0.2) is 0 Å². The standard InChI is InChI=1S/C23H34O6/c1-20-14-16(24)19-15(5-8-21(2)25-10-11-26-21)17-6-9-22(19,29-17)18(20)4-3-7-23(20)27-12-13-28-23/h15,17-19H,3-14H2,1-2H3/t15-,17+,18-,19+,20+,22+/m1/s1. The number of ketones is 1. The van der Waals surface area contributed by atoms with Crippen molar-refractivity contribution in [2.24, 2.45) is 23.2 Å². The molecule has 4 heterocycles. The van der Waals surface area contributed by atoms with E-state index in [2.05, 4.69) is 6.92 Å². The molecular weight excluding hydrogens is 372 g/mol. The van der Waals surface area contributed by atoms with Crippen LogP contribution < -0.4 is 0 Å². The van der Waals surface area contributed by atoms with Crippen molar-refractivity contribution in [3.05, 3.63) is 0 Å². The summed E-state index contributed by atoms with van der Waals surface area (Å²) in [7, 11) is 0. The first-order valence-corrected chi connectivity index (χ1v) is 11.7. The Hall–Kier alpha value is -0.530. The molecule has 2 aliphatic carbocycles. The van der Waals surface area contributed by atoms with Gasteiger partial charge in [-0.25, -0.2) is 0 Å². The van der Waals surface area contributed by atoms with E-state index < -0.39 is 11.6 Å². The summed E-state index contributed by atoms with van der Waals surface area (Å²) in [6, 6.07) is 0. The van der Waals surface area contributed by atoms with Gasteiger partial charge in [0.25, 0.3) is 0 Å². The molecule has 6 atom stereocenters. The lowest BCUT2D eigenvalue weighted by atomic mass is 9.46. The van der Waals surface area contributed by atoms with Gasteiger partial charge in [0.05, 0.1) is 44.1 Å². The number of rotatable bonds is 3. The molecule has 6 rings (SSSR count). The van der Waals surface area contributed by atoms with Gasteiger partial charge in [-0.15, -0.1) is 0 Å². The van der Waals surface area contributed by atoms with Gasteiger partial charge in [-0.1, -0.05) is 6.92 Å². The molecule has 0 unspecified atom stereocenters. The van der Waals surface area contributed by atoms with E-state index in [9.17, 15) is 4.79 Å². The van der Waals surface area contributed by atoms with E-state index in [0.717, 1.165) is 44.9 Å². The lowest BCUT2D eigenvalue weighted by Gasteiger charge is -2.61. The van der Waals surface area contributed by atoms with Crippen LogP contribution in [0.25, 0.3) is 0 Å². The summed E-state index contributed by atoms with van der Waals surface area (Å²) in [5.74, 6) is -0.0932. The molecule has 0 radical (unpaired) electrons. The average molecular weight is 407 g/mol. The first-order valence-electron chi connectivity index (χ1n) is 11.7. The van der Waals surface area contributed by atoms with Gasteiger partial charge < -0.3 is 23.7 Å². The van der Waals surface area contributed by atoms with Gasteiger partial charge in [0.15, 0.2) is 11.6 Å². The van der Waals surface area contributed by atoms with E-state index in [4.69, 9.17) is 23.7 Å². The van der Waals surface area contributed by atoms with Gasteiger partial charge in [-0.05, 0) is 50.9 Å². The topological polar surface area (TPSA) is 63.2 Å². The fraction of sp³-hybridized carbons (Fsp3) is 0.957. The zero-order valence-corrected chi connectivity index (χ0v) is 17.7. The fourth-order valence-corrected chi connectivity index (χ4v) is 8.19. The Bertz CT molecular complexity index is 695. The molecule has 6 nitrogen and oxygen atoms in total. The molecule has 6 aliphatic rings. The highest BCUT2D eigenvalue weighted by Gasteiger charge is 2.75. The molecule has 2 bridgehead atoms. The number of ether oxygens (including phenoxy) is 5. The molecule has 6 fully saturated rings. The van der Waals surface area contributed by atoms with Gasteiger partial charge in [-0.2, -0.15) is 0 Å². The Morgan fingerprint density at radius 2 is 1.69 bits per heavy atom. The van der Waals surface area contributed by atoms with Crippen LogP contribution in [0.3, 0.4) is 0 Å². The Kier molecular flexibility index (Phi) is 4.14. The molecule has 0 aromatic heterocycles. The van der Waals surface area contributed by atoms with Crippen molar-refractivity contribution in [1.29, 1.82) is 0 Å². The molecule has 0 amide bonds. The molecule has 4 saturated heterocycles. The van der Waals surface area contributed by atoms with Crippen LogP contribution in [0.4, 0.5) is 0 Å². The predicted octanol–water partition coefficient (Wildman–Crippen LogP) is 3.22. The van der Waals surface area contributed by atoms with Crippen LogP contribution in [0.1, 0.15) is 65.2 Å². The minimum absolute atomic E-state index is 0.0147. The van der Waals surface area contributed by atoms with Crippen molar-refractivity contribution in [3.8, 4) is 0 Å². The number of carbonyl (C=O) groups is 1. The zero-order chi connectivity index (χ0) is 19.9. The van der Waals surface area contributed by atoms with Crippen LogP contribution >= 0.6 is 0 Å². The number of carbonyl (C=O) groups excluding carboxylic acids is 1. The van der Waals surface area contributed by atoms with Crippen LogP contribution in [-0.4, -0.2) is 55.5 Å². The molecule has 2 saturated carbocycles. The van der Waals surface area contributed by atoms with E-state index in [0.29, 0.717) is 44.5 Å². The molecule has 0 aromatic rings. The highest BCUT2D eigenvalue weighted by molar-refractivity contribution is 5.85. The van der Waals surface area contributed by atoms with Gasteiger partial charge in [0.1, 0.15) is 5.78 Å². The molecular formula is C23H34O6.